The summed E-state index contributed by atoms with van der Waals surface area (Å²) in [5.41, 5.74) is 1.57. The van der Waals surface area contributed by atoms with Gasteiger partial charge in [-0.15, -0.1) is 0 Å². The van der Waals surface area contributed by atoms with Gasteiger partial charge in [0, 0.05) is 38.6 Å². The van der Waals surface area contributed by atoms with Gasteiger partial charge in [-0.25, -0.2) is 4.98 Å². The van der Waals surface area contributed by atoms with Crippen molar-refractivity contribution < 1.29 is 0 Å². The third-order valence-electron chi connectivity index (χ3n) is 3.57. The Hall–Kier alpha value is -2.32. The molecule has 106 valence electrons. The van der Waals surface area contributed by atoms with Gasteiger partial charge < -0.3 is 9.80 Å². The summed E-state index contributed by atoms with van der Waals surface area (Å²) in [7, 11) is 0. The van der Waals surface area contributed by atoms with Crippen molar-refractivity contribution in [2.45, 2.75) is 0 Å². The van der Waals surface area contributed by atoms with E-state index in [4.69, 9.17) is 16.9 Å². The highest BCUT2D eigenvalue weighted by molar-refractivity contribution is 6.33. The van der Waals surface area contributed by atoms with Crippen LogP contribution in [0.25, 0.3) is 0 Å². The molecule has 3 rings (SSSR count). The van der Waals surface area contributed by atoms with Crippen molar-refractivity contribution in [2.24, 2.45) is 0 Å². The predicted molar refractivity (Wildman–Crippen MR) is 82.6 cm³/mol. The molecule has 1 aliphatic rings. The standard InChI is InChI=1S/C15H14ClN5/c16-13-9-12(10-17)1-2-14(13)20-5-7-21(8-6-20)15-11-18-3-4-19-15/h1-4,9,11H,5-8H2. The second-order valence-electron chi connectivity index (χ2n) is 4.82. The van der Waals surface area contributed by atoms with Gasteiger partial charge in [-0.2, -0.15) is 5.26 Å². The van der Waals surface area contributed by atoms with E-state index in [9.17, 15) is 0 Å². The zero-order valence-corrected chi connectivity index (χ0v) is 12.2. The van der Waals surface area contributed by atoms with Crippen molar-refractivity contribution in [3.8, 4) is 6.07 Å². The number of nitriles is 1. The van der Waals surface area contributed by atoms with Crippen LogP contribution in [0.4, 0.5) is 11.5 Å². The number of halogens is 1. The summed E-state index contributed by atoms with van der Waals surface area (Å²) >= 11 is 6.27. The summed E-state index contributed by atoms with van der Waals surface area (Å²) in [5, 5.41) is 9.51. The summed E-state index contributed by atoms with van der Waals surface area (Å²) in [6, 6.07) is 7.53. The smallest absolute Gasteiger partial charge is 0.147 e. The van der Waals surface area contributed by atoms with Crippen LogP contribution in [-0.4, -0.2) is 36.1 Å². The van der Waals surface area contributed by atoms with E-state index >= 15 is 0 Å². The first-order chi connectivity index (χ1) is 10.3. The lowest BCUT2D eigenvalue weighted by molar-refractivity contribution is 0.646. The lowest BCUT2D eigenvalue weighted by atomic mass is 10.2. The molecular formula is C15H14ClN5. The van der Waals surface area contributed by atoms with Gasteiger partial charge in [0.2, 0.25) is 0 Å². The fourth-order valence-electron chi connectivity index (χ4n) is 2.46. The average Bonchev–Trinajstić information content (AvgIpc) is 2.56. The molecule has 2 heterocycles. The number of nitrogens with zero attached hydrogens (tertiary/aromatic N) is 5. The van der Waals surface area contributed by atoms with Crippen LogP contribution < -0.4 is 9.80 Å². The van der Waals surface area contributed by atoms with Crippen LogP contribution in [0, 0.1) is 11.3 Å². The molecule has 0 aliphatic carbocycles. The molecule has 0 unspecified atom stereocenters. The first-order valence-corrected chi connectivity index (χ1v) is 7.11. The topological polar surface area (TPSA) is 56.1 Å². The first kappa shape index (κ1) is 13.7. The fraction of sp³-hybridized carbons (Fsp3) is 0.267. The van der Waals surface area contributed by atoms with Crippen molar-refractivity contribution in [2.75, 3.05) is 36.0 Å². The number of aromatic nitrogens is 2. The summed E-state index contributed by atoms with van der Waals surface area (Å²) in [5.74, 6) is 0.906. The molecule has 5 nitrogen and oxygen atoms in total. The lowest BCUT2D eigenvalue weighted by Crippen LogP contribution is -2.47. The highest BCUT2D eigenvalue weighted by Crippen LogP contribution is 2.28. The molecule has 0 atom stereocenters. The van der Waals surface area contributed by atoms with E-state index in [0.29, 0.717) is 10.6 Å². The second-order valence-corrected chi connectivity index (χ2v) is 5.22. The molecule has 1 fully saturated rings. The Bertz CT molecular complexity index is 660. The SMILES string of the molecule is N#Cc1ccc(N2CCN(c3cnccn3)CC2)c(Cl)c1. The Morgan fingerprint density at radius 1 is 1.10 bits per heavy atom. The zero-order valence-electron chi connectivity index (χ0n) is 11.4. The summed E-state index contributed by atoms with van der Waals surface area (Å²) in [6.45, 7) is 3.47. The maximum absolute atomic E-state index is 8.88. The van der Waals surface area contributed by atoms with Crippen LogP contribution in [0.5, 0.6) is 0 Å². The number of anilines is 2. The third kappa shape index (κ3) is 2.91. The maximum Gasteiger partial charge on any atom is 0.147 e. The number of benzene rings is 1. The van der Waals surface area contributed by atoms with Crippen LogP contribution in [0.15, 0.2) is 36.8 Å². The molecule has 0 spiro atoms. The van der Waals surface area contributed by atoms with E-state index in [1.165, 1.54) is 0 Å². The van der Waals surface area contributed by atoms with E-state index < -0.39 is 0 Å². The molecule has 0 amide bonds. The molecule has 1 aromatic carbocycles. The van der Waals surface area contributed by atoms with Gasteiger partial charge in [0.25, 0.3) is 0 Å². The summed E-state index contributed by atoms with van der Waals surface area (Å²) < 4.78 is 0. The van der Waals surface area contributed by atoms with Crippen LogP contribution in [0.3, 0.4) is 0 Å². The summed E-state index contributed by atoms with van der Waals surface area (Å²) in [4.78, 5) is 12.9. The highest BCUT2D eigenvalue weighted by Gasteiger charge is 2.20. The van der Waals surface area contributed by atoms with E-state index in [1.54, 1.807) is 30.7 Å². The maximum atomic E-state index is 8.88. The van der Waals surface area contributed by atoms with E-state index in [2.05, 4.69) is 25.8 Å². The number of rotatable bonds is 2. The quantitative estimate of drug-likeness (QED) is 0.852. The van der Waals surface area contributed by atoms with E-state index in [-0.39, 0.29) is 0 Å². The van der Waals surface area contributed by atoms with E-state index in [0.717, 1.165) is 37.7 Å². The largest absolute Gasteiger partial charge is 0.367 e. The highest BCUT2D eigenvalue weighted by atomic mass is 35.5. The van der Waals surface area contributed by atoms with Gasteiger partial charge in [-0.05, 0) is 18.2 Å². The van der Waals surface area contributed by atoms with Crippen molar-refractivity contribution in [3.63, 3.8) is 0 Å². The number of hydrogen-bond donors (Lipinski definition) is 0. The molecule has 21 heavy (non-hydrogen) atoms. The van der Waals surface area contributed by atoms with Crippen molar-refractivity contribution in [3.05, 3.63) is 47.4 Å². The molecule has 0 saturated carbocycles. The number of hydrogen-bond acceptors (Lipinski definition) is 5. The Labute approximate surface area is 128 Å². The van der Waals surface area contributed by atoms with Gasteiger partial charge in [0.1, 0.15) is 5.82 Å². The van der Waals surface area contributed by atoms with Gasteiger partial charge in [0.15, 0.2) is 0 Å². The van der Waals surface area contributed by atoms with Crippen molar-refractivity contribution in [1.29, 1.82) is 5.26 Å². The van der Waals surface area contributed by atoms with Gasteiger partial charge in [-0.1, -0.05) is 11.6 Å². The zero-order chi connectivity index (χ0) is 14.7. The first-order valence-electron chi connectivity index (χ1n) is 6.73. The molecule has 0 bridgehead atoms. The minimum atomic E-state index is 0.585. The Morgan fingerprint density at radius 2 is 1.86 bits per heavy atom. The fourth-order valence-corrected chi connectivity index (χ4v) is 2.76. The van der Waals surface area contributed by atoms with Crippen LogP contribution >= 0.6 is 11.6 Å². The van der Waals surface area contributed by atoms with Gasteiger partial charge >= 0.3 is 0 Å². The Balaban J connectivity index is 1.70. The average molecular weight is 300 g/mol. The molecular weight excluding hydrogens is 286 g/mol. The van der Waals surface area contributed by atoms with E-state index in [1.807, 2.05) is 6.07 Å². The molecule has 1 saturated heterocycles. The molecule has 1 aromatic heterocycles. The normalized spacial score (nSPS) is 14.9. The number of piperazine rings is 1. The second kappa shape index (κ2) is 5.98. The molecule has 2 aromatic rings. The third-order valence-corrected chi connectivity index (χ3v) is 3.87. The summed E-state index contributed by atoms with van der Waals surface area (Å²) in [6.07, 6.45) is 5.17. The predicted octanol–water partition coefficient (Wildman–Crippen LogP) is 2.33. The minimum absolute atomic E-state index is 0.585. The van der Waals surface area contributed by atoms with Crippen molar-refractivity contribution >= 4 is 23.1 Å². The van der Waals surface area contributed by atoms with Gasteiger partial charge in [0.05, 0.1) is 28.5 Å². The Morgan fingerprint density at radius 3 is 2.48 bits per heavy atom. The van der Waals surface area contributed by atoms with Crippen LogP contribution in [-0.2, 0) is 0 Å². The Kier molecular flexibility index (Phi) is 3.89. The lowest BCUT2D eigenvalue weighted by Gasteiger charge is -2.36. The minimum Gasteiger partial charge on any atom is -0.367 e. The van der Waals surface area contributed by atoms with Crippen LogP contribution in [0.1, 0.15) is 5.56 Å². The molecule has 0 radical (unpaired) electrons. The van der Waals surface area contributed by atoms with Gasteiger partial charge in [-0.3, -0.25) is 4.98 Å². The monoisotopic (exact) mass is 299 g/mol. The molecule has 1 aliphatic heterocycles. The molecule has 6 heteroatoms. The van der Waals surface area contributed by atoms with Crippen molar-refractivity contribution in [1.82, 2.24) is 9.97 Å². The van der Waals surface area contributed by atoms with Crippen LogP contribution in [0.2, 0.25) is 5.02 Å². The molecule has 0 N–H and O–H groups in total.